The van der Waals surface area contributed by atoms with Crippen molar-refractivity contribution in [1.29, 1.82) is 0 Å². The van der Waals surface area contributed by atoms with Gasteiger partial charge in [0.05, 0.1) is 11.3 Å². The molecule has 1 heterocycles. The molecule has 0 fully saturated rings. The maximum Gasteiger partial charge on any atom is 0.366 e. The fourth-order valence-corrected chi connectivity index (χ4v) is 2.02. The second-order valence-corrected chi connectivity index (χ2v) is 4.94. The molecule has 4 nitrogen and oxygen atoms in total. The van der Waals surface area contributed by atoms with Gasteiger partial charge in [0, 0.05) is 21.5 Å². The van der Waals surface area contributed by atoms with Crippen LogP contribution in [0.1, 0.15) is 22.8 Å². The van der Waals surface area contributed by atoms with Crippen molar-refractivity contribution in [2.75, 3.05) is 0 Å². The molecule has 1 aromatic carbocycles. The van der Waals surface area contributed by atoms with Crippen LogP contribution in [0.2, 0.25) is 0 Å². The summed E-state index contributed by atoms with van der Waals surface area (Å²) in [5, 5.41) is 3.84. The van der Waals surface area contributed by atoms with Gasteiger partial charge in [-0.15, -0.1) is 0 Å². The van der Waals surface area contributed by atoms with E-state index in [0.29, 0.717) is 11.3 Å². The molecule has 19 heavy (non-hydrogen) atoms. The highest BCUT2D eigenvalue weighted by atomic mass is 127. The van der Waals surface area contributed by atoms with Crippen molar-refractivity contribution in [3.8, 4) is 0 Å². The van der Waals surface area contributed by atoms with Crippen LogP contribution in [0.15, 0.2) is 53.9 Å². The maximum absolute atomic E-state index is 11.9. The lowest BCUT2D eigenvalue weighted by molar-refractivity contribution is 0.0515. The molecule has 0 spiro atoms. The van der Waals surface area contributed by atoms with Gasteiger partial charge < -0.3 is 4.84 Å². The number of oxime groups is 1. The number of carbonyl (C=O) groups is 1. The molecule has 0 atom stereocenters. The van der Waals surface area contributed by atoms with E-state index in [1.165, 1.54) is 0 Å². The average molecular weight is 366 g/mol. The van der Waals surface area contributed by atoms with Crippen molar-refractivity contribution < 1.29 is 9.63 Å². The number of benzene rings is 1. The van der Waals surface area contributed by atoms with Crippen LogP contribution in [0.4, 0.5) is 0 Å². The number of aromatic nitrogens is 1. The molecule has 0 amide bonds. The molecule has 0 radical (unpaired) electrons. The number of pyridine rings is 1. The highest BCUT2D eigenvalue weighted by Crippen LogP contribution is 2.13. The van der Waals surface area contributed by atoms with E-state index in [2.05, 4.69) is 32.7 Å². The van der Waals surface area contributed by atoms with Crippen LogP contribution in [-0.4, -0.2) is 16.7 Å². The van der Waals surface area contributed by atoms with Gasteiger partial charge in [-0.25, -0.2) is 4.79 Å². The summed E-state index contributed by atoms with van der Waals surface area (Å²) >= 11 is 2.08. The second kappa shape index (κ2) is 6.42. The summed E-state index contributed by atoms with van der Waals surface area (Å²) in [6, 6.07) is 10.9. The Morgan fingerprint density at radius 1 is 1.26 bits per heavy atom. The minimum atomic E-state index is -0.465. The smallest absolute Gasteiger partial charge is 0.312 e. The minimum absolute atomic E-state index is 0.465. The zero-order chi connectivity index (χ0) is 13.7. The van der Waals surface area contributed by atoms with Gasteiger partial charge in [-0.2, -0.15) is 0 Å². The lowest BCUT2D eigenvalue weighted by Crippen LogP contribution is -2.05. The largest absolute Gasteiger partial charge is 0.366 e. The minimum Gasteiger partial charge on any atom is -0.312 e. The molecule has 96 valence electrons. The average Bonchev–Trinajstić information content (AvgIpc) is 2.46. The molecule has 0 aliphatic heterocycles. The molecule has 0 aliphatic rings. The van der Waals surface area contributed by atoms with Crippen LogP contribution >= 0.6 is 22.6 Å². The molecule has 2 aromatic rings. The van der Waals surface area contributed by atoms with Crippen LogP contribution in [0.3, 0.4) is 0 Å². The van der Waals surface area contributed by atoms with Gasteiger partial charge in [-0.05, 0) is 53.8 Å². The van der Waals surface area contributed by atoms with Crippen LogP contribution < -0.4 is 0 Å². The second-order valence-electron chi connectivity index (χ2n) is 3.78. The van der Waals surface area contributed by atoms with Gasteiger partial charge in [0.25, 0.3) is 0 Å². The zero-order valence-electron chi connectivity index (χ0n) is 10.2. The van der Waals surface area contributed by atoms with Crippen molar-refractivity contribution in [2.24, 2.45) is 5.16 Å². The Kier molecular flexibility index (Phi) is 4.62. The van der Waals surface area contributed by atoms with Crippen molar-refractivity contribution in [3.63, 3.8) is 0 Å². The summed E-state index contributed by atoms with van der Waals surface area (Å²) in [6.45, 7) is 1.76. The van der Waals surface area contributed by atoms with Gasteiger partial charge in [0.1, 0.15) is 0 Å². The van der Waals surface area contributed by atoms with Crippen molar-refractivity contribution in [2.45, 2.75) is 6.92 Å². The molecule has 0 saturated carbocycles. The van der Waals surface area contributed by atoms with Crippen LogP contribution in [0.25, 0.3) is 0 Å². The third-order valence-electron chi connectivity index (χ3n) is 2.44. The summed E-state index contributed by atoms with van der Waals surface area (Å²) in [6.07, 6.45) is 3.34. The molecule has 0 unspecified atom stereocenters. The van der Waals surface area contributed by atoms with E-state index in [1.807, 2.05) is 18.2 Å². The van der Waals surface area contributed by atoms with E-state index in [0.717, 1.165) is 9.13 Å². The Balaban J connectivity index is 2.11. The first-order valence-corrected chi connectivity index (χ1v) is 6.67. The predicted octanol–water partition coefficient (Wildman–Crippen LogP) is 3.27. The Morgan fingerprint density at radius 2 is 2.05 bits per heavy atom. The molecule has 0 saturated heterocycles. The number of hydrogen-bond donors (Lipinski definition) is 0. The van der Waals surface area contributed by atoms with E-state index >= 15 is 0 Å². The fourth-order valence-electron chi connectivity index (χ4n) is 1.42. The first-order valence-electron chi connectivity index (χ1n) is 5.59. The molecule has 0 bridgehead atoms. The third-order valence-corrected chi connectivity index (χ3v) is 3.38. The Labute approximate surface area is 124 Å². The maximum atomic E-state index is 11.9. The number of rotatable bonds is 3. The van der Waals surface area contributed by atoms with Crippen LogP contribution in [0, 0.1) is 3.57 Å². The summed E-state index contributed by atoms with van der Waals surface area (Å²) in [5.41, 5.74) is 1.93. The zero-order valence-corrected chi connectivity index (χ0v) is 12.4. The number of halogens is 1. The molecule has 5 heteroatoms. The van der Waals surface area contributed by atoms with Gasteiger partial charge in [0.15, 0.2) is 0 Å². The van der Waals surface area contributed by atoms with Crippen molar-refractivity contribution in [3.05, 3.63) is 63.5 Å². The number of hydrogen-bond acceptors (Lipinski definition) is 4. The van der Waals surface area contributed by atoms with Crippen LogP contribution in [-0.2, 0) is 4.84 Å². The van der Waals surface area contributed by atoms with E-state index < -0.39 is 5.97 Å². The molecule has 2 rings (SSSR count). The molecular weight excluding hydrogens is 355 g/mol. The molecule has 0 N–H and O–H groups in total. The van der Waals surface area contributed by atoms with E-state index in [9.17, 15) is 4.79 Å². The van der Waals surface area contributed by atoms with E-state index in [-0.39, 0.29) is 0 Å². The quantitative estimate of drug-likeness (QED) is 0.363. The monoisotopic (exact) mass is 366 g/mol. The van der Waals surface area contributed by atoms with Gasteiger partial charge in [-0.3, -0.25) is 4.98 Å². The van der Waals surface area contributed by atoms with E-state index in [1.54, 1.807) is 37.5 Å². The van der Waals surface area contributed by atoms with Gasteiger partial charge in [-0.1, -0.05) is 17.3 Å². The van der Waals surface area contributed by atoms with Crippen molar-refractivity contribution >= 4 is 34.3 Å². The number of nitrogens with zero attached hydrogens (tertiary/aromatic N) is 2. The summed E-state index contributed by atoms with van der Waals surface area (Å²) in [4.78, 5) is 20.8. The lowest BCUT2D eigenvalue weighted by atomic mass is 10.2. The summed E-state index contributed by atoms with van der Waals surface area (Å²) in [5.74, 6) is -0.465. The Hall–Kier alpha value is -1.76. The van der Waals surface area contributed by atoms with Crippen LogP contribution in [0.5, 0.6) is 0 Å². The fraction of sp³-hybridized carbons (Fsp3) is 0.0714. The topological polar surface area (TPSA) is 51.5 Å². The first-order chi connectivity index (χ1) is 9.18. The predicted molar refractivity (Wildman–Crippen MR) is 81.0 cm³/mol. The SMILES string of the molecule is CC(=NOC(=O)c1ccccc1I)c1cccnc1. The lowest BCUT2D eigenvalue weighted by Gasteiger charge is -2.02. The highest BCUT2D eigenvalue weighted by Gasteiger charge is 2.10. The summed E-state index contributed by atoms with van der Waals surface area (Å²) < 4.78 is 0.833. The Bertz CT molecular complexity index is 612. The Morgan fingerprint density at radius 3 is 2.74 bits per heavy atom. The first kappa shape index (κ1) is 13.7. The highest BCUT2D eigenvalue weighted by molar-refractivity contribution is 14.1. The standard InChI is InChI=1S/C14H11IN2O2/c1-10(11-5-4-8-16-9-11)17-19-14(18)12-6-2-3-7-13(12)15/h2-9H,1H3. The number of carbonyl (C=O) groups excluding carboxylic acids is 1. The molecule has 1 aromatic heterocycles. The molecule has 0 aliphatic carbocycles. The van der Waals surface area contributed by atoms with E-state index in [4.69, 9.17) is 4.84 Å². The third kappa shape index (κ3) is 3.60. The van der Waals surface area contributed by atoms with Gasteiger partial charge >= 0.3 is 5.97 Å². The van der Waals surface area contributed by atoms with Crippen molar-refractivity contribution in [1.82, 2.24) is 4.98 Å². The van der Waals surface area contributed by atoms with Gasteiger partial charge in [0.2, 0.25) is 0 Å². The summed E-state index contributed by atoms with van der Waals surface area (Å²) in [7, 11) is 0. The normalized spacial score (nSPS) is 11.2. The molecular formula is C14H11IN2O2.